The minimum atomic E-state index is 0.624. The van der Waals surface area contributed by atoms with Gasteiger partial charge in [-0.2, -0.15) is 0 Å². The van der Waals surface area contributed by atoms with Crippen LogP contribution in [0.4, 0.5) is 0 Å². The summed E-state index contributed by atoms with van der Waals surface area (Å²) in [4.78, 5) is 0. The van der Waals surface area contributed by atoms with Gasteiger partial charge in [-0.3, -0.25) is 0 Å². The van der Waals surface area contributed by atoms with Gasteiger partial charge in [0.2, 0.25) is 0 Å². The Bertz CT molecular complexity index is 493. The Morgan fingerprint density at radius 1 is 0.950 bits per heavy atom. The van der Waals surface area contributed by atoms with E-state index in [0.29, 0.717) is 12.6 Å². The molecule has 0 aliphatic carbocycles. The molecule has 2 aromatic rings. The van der Waals surface area contributed by atoms with E-state index in [1.54, 1.807) is 0 Å². The third-order valence-corrected chi connectivity index (χ3v) is 3.57. The van der Waals surface area contributed by atoms with Crippen LogP contribution >= 0.6 is 0 Å². The van der Waals surface area contributed by atoms with Gasteiger partial charge >= 0.3 is 0 Å². The smallest absolute Gasteiger partial charge is 0.119 e. The molecule has 1 atom stereocenters. The molecule has 106 valence electrons. The first-order chi connectivity index (χ1) is 9.78. The van der Waals surface area contributed by atoms with Gasteiger partial charge in [-0.25, -0.2) is 0 Å². The number of rotatable bonds is 7. The van der Waals surface area contributed by atoms with Crippen LogP contribution < -0.4 is 10.1 Å². The number of ether oxygens (including phenoxy) is 1. The predicted molar refractivity (Wildman–Crippen MR) is 82.6 cm³/mol. The average Bonchev–Trinajstić information content (AvgIpc) is 2.52. The summed E-state index contributed by atoms with van der Waals surface area (Å²) in [6.45, 7) is 6.15. The Kier molecular flexibility index (Phi) is 5.63. The van der Waals surface area contributed by atoms with Crippen molar-refractivity contribution in [3.63, 3.8) is 0 Å². The van der Waals surface area contributed by atoms with Crippen molar-refractivity contribution in [2.24, 2.45) is 0 Å². The van der Waals surface area contributed by atoms with Gasteiger partial charge in [0.15, 0.2) is 0 Å². The molecule has 2 rings (SSSR count). The number of nitrogens with two attached hydrogens (primary N) is 1. The van der Waals surface area contributed by atoms with Crippen molar-refractivity contribution in [1.82, 2.24) is 0 Å². The van der Waals surface area contributed by atoms with Crippen molar-refractivity contribution in [2.45, 2.75) is 39.5 Å². The first-order valence-corrected chi connectivity index (χ1v) is 7.37. The van der Waals surface area contributed by atoms with Crippen molar-refractivity contribution in [1.29, 1.82) is 0 Å². The van der Waals surface area contributed by atoms with Gasteiger partial charge in [-0.15, -0.1) is 0 Å². The molecular formula is C18H24NO+. The van der Waals surface area contributed by atoms with Gasteiger partial charge in [0.25, 0.3) is 0 Å². The van der Waals surface area contributed by atoms with E-state index < -0.39 is 0 Å². The zero-order chi connectivity index (χ0) is 14.2. The minimum Gasteiger partial charge on any atom is -0.489 e. The molecule has 0 bridgehead atoms. The van der Waals surface area contributed by atoms with Crippen LogP contribution in [-0.2, 0) is 13.2 Å². The number of benzene rings is 2. The molecule has 2 nitrogen and oxygen atoms in total. The van der Waals surface area contributed by atoms with E-state index in [2.05, 4.69) is 55.6 Å². The van der Waals surface area contributed by atoms with Crippen LogP contribution in [0.2, 0.25) is 0 Å². The summed E-state index contributed by atoms with van der Waals surface area (Å²) in [5.41, 5.74) is 2.54. The van der Waals surface area contributed by atoms with Crippen LogP contribution in [0.25, 0.3) is 0 Å². The highest BCUT2D eigenvalue weighted by molar-refractivity contribution is 5.27. The summed E-state index contributed by atoms with van der Waals surface area (Å²) in [7, 11) is 0. The van der Waals surface area contributed by atoms with Crippen LogP contribution in [0, 0.1) is 0 Å². The molecule has 0 unspecified atom stereocenters. The van der Waals surface area contributed by atoms with Crippen molar-refractivity contribution < 1.29 is 10.1 Å². The van der Waals surface area contributed by atoms with Crippen LogP contribution in [0.1, 0.15) is 31.4 Å². The molecule has 0 heterocycles. The molecule has 2 N–H and O–H groups in total. The van der Waals surface area contributed by atoms with E-state index in [1.165, 1.54) is 17.5 Å². The van der Waals surface area contributed by atoms with E-state index in [4.69, 9.17) is 4.74 Å². The van der Waals surface area contributed by atoms with Gasteiger partial charge in [0.1, 0.15) is 18.9 Å². The maximum atomic E-state index is 5.78. The maximum Gasteiger partial charge on any atom is 0.119 e. The molecule has 0 spiro atoms. The summed E-state index contributed by atoms with van der Waals surface area (Å²) >= 11 is 0. The maximum absolute atomic E-state index is 5.78. The fourth-order valence-electron chi connectivity index (χ4n) is 1.97. The lowest BCUT2D eigenvalue weighted by atomic mass is 10.2. The SMILES string of the molecule is CC[C@H](C)[NH2+]Cc1ccc(OCc2ccccc2)cc1. The quantitative estimate of drug-likeness (QED) is 0.822. The van der Waals surface area contributed by atoms with Gasteiger partial charge in [-0.1, -0.05) is 37.3 Å². The van der Waals surface area contributed by atoms with Crippen LogP contribution in [0.3, 0.4) is 0 Å². The largest absolute Gasteiger partial charge is 0.489 e. The normalized spacial score (nSPS) is 12.1. The first kappa shape index (κ1) is 14.6. The molecule has 0 aliphatic heterocycles. The van der Waals surface area contributed by atoms with Crippen LogP contribution in [-0.4, -0.2) is 6.04 Å². The standard InChI is InChI=1S/C18H23NO/c1-3-15(2)19-13-16-9-11-18(12-10-16)20-14-17-7-5-4-6-8-17/h4-12,15,19H,3,13-14H2,1-2H3/p+1/t15-/m0/s1. The minimum absolute atomic E-state index is 0.624. The second kappa shape index (κ2) is 7.71. The molecular weight excluding hydrogens is 246 g/mol. The van der Waals surface area contributed by atoms with Gasteiger partial charge in [0.05, 0.1) is 6.04 Å². The molecule has 0 amide bonds. The Balaban J connectivity index is 1.82. The molecule has 2 aromatic carbocycles. The summed E-state index contributed by atoms with van der Waals surface area (Å²) in [5, 5.41) is 2.37. The third-order valence-electron chi connectivity index (χ3n) is 3.57. The zero-order valence-electron chi connectivity index (χ0n) is 12.4. The molecule has 0 aliphatic rings. The second-order valence-corrected chi connectivity index (χ2v) is 5.24. The van der Waals surface area contributed by atoms with Crippen molar-refractivity contribution >= 4 is 0 Å². The van der Waals surface area contributed by atoms with Gasteiger partial charge < -0.3 is 10.1 Å². The van der Waals surface area contributed by atoms with E-state index >= 15 is 0 Å². The summed E-state index contributed by atoms with van der Waals surface area (Å²) in [5.74, 6) is 0.932. The van der Waals surface area contributed by atoms with E-state index in [9.17, 15) is 0 Å². The molecule has 0 saturated heterocycles. The summed E-state index contributed by atoms with van der Waals surface area (Å²) in [6, 6.07) is 19.4. The van der Waals surface area contributed by atoms with Crippen LogP contribution in [0.15, 0.2) is 54.6 Å². The number of quaternary nitrogens is 1. The fraction of sp³-hybridized carbons (Fsp3) is 0.333. The topological polar surface area (TPSA) is 25.8 Å². The van der Waals surface area contributed by atoms with Crippen molar-refractivity contribution in [3.8, 4) is 5.75 Å². The van der Waals surface area contributed by atoms with E-state index in [-0.39, 0.29) is 0 Å². The average molecular weight is 270 g/mol. The predicted octanol–water partition coefficient (Wildman–Crippen LogP) is 3.13. The van der Waals surface area contributed by atoms with Crippen molar-refractivity contribution in [2.75, 3.05) is 0 Å². The molecule has 20 heavy (non-hydrogen) atoms. The van der Waals surface area contributed by atoms with Crippen molar-refractivity contribution in [3.05, 3.63) is 65.7 Å². The molecule has 0 radical (unpaired) electrons. The molecule has 2 heteroatoms. The fourth-order valence-corrected chi connectivity index (χ4v) is 1.97. The van der Waals surface area contributed by atoms with Gasteiger partial charge in [-0.05, 0) is 43.2 Å². The Morgan fingerprint density at radius 3 is 2.30 bits per heavy atom. The molecule has 0 saturated carbocycles. The Labute approximate surface area is 121 Å². The second-order valence-electron chi connectivity index (χ2n) is 5.24. The lowest BCUT2D eigenvalue weighted by Crippen LogP contribution is -2.87. The monoisotopic (exact) mass is 270 g/mol. The highest BCUT2D eigenvalue weighted by Crippen LogP contribution is 2.13. The Morgan fingerprint density at radius 2 is 1.65 bits per heavy atom. The van der Waals surface area contributed by atoms with E-state index in [1.807, 2.05) is 18.2 Å². The first-order valence-electron chi connectivity index (χ1n) is 7.37. The highest BCUT2D eigenvalue weighted by atomic mass is 16.5. The van der Waals surface area contributed by atoms with Crippen LogP contribution in [0.5, 0.6) is 5.75 Å². The Hall–Kier alpha value is -1.80. The lowest BCUT2D eigenvalue weighted by Gasteiger charge is -2.09. The van der Waals surface area contributed by atoms with Gasteiger partial charge in [0, 0.05) is 5.56 Å². The summed E-state index contributed by atoms with van der Waals surface area (Å²) in [6.07, 6.45) is 1.21. The summed E-state index contributed by atoms with van der Waals surface area (Å²) < 4.78 is 5.78. The third kappa shape index (κ3) is 4.71. The number of hydrogen-bond acceptors (Lipinski definition) is 1. The lowest BCUT2D eigenvalue weighted by molar-refractivity contribution is -0.701. The zero-order valence-corrected chi connectivity index (χ0v) is 12.4. The number of hydrogen-bond donors (Lipinski definition) is 1. The molecule has 0 fully saturated rings. The highest BCUT2D eigenvalue weighted by Gasteiger charge is 2.02. The van der Waals surface area contributed by atoms with E-state index in [0.717, 1.165) is 12.3 Å². The molecule has 0 aromatic heterocycles.